The SMILES string of the molecule is Oc1cc2sc(O)cc2[nH]1. The average Bonchev–Trinajstić information content (AvgIpc) is 2.21. The molecule has 0 aliphatic carbocycles. The number of fused-ring (bicyclic) bond motifs is 1. The van der Waals surface area contributed by atoms with E-state index in [1.54, 1.807) is 12.1 Å². The molecule has 0 amide bonds. The van der Waals surface area contributed by atoms with Gasteiger partial charge in [0.2, 0.25) is 0 Å². The summed E-state index contributed by atoms with van der Waals surface area (Å²) in [6.45, 7) is 0. The fraction of sp³-hybridized carbons (Fsp3) is 0. The van der Waals surface area contributed by atoms with E-state index in [0.717, 1.165) is 10.2 Å². The molecule has 0 saturated heterocycles. The van der Waals surface area contributed by atoms with E-state index in [4.69, 9.17) is 10.2 Å². The molecule has 0 atom stereocenters. The minimum atomic E-state index is 0.140. The number of H-pyrrole nitrogens is 1. The number of hydrogen-bond acceptors (Lipinski definition) is 3. The molecule has 2 aromatic heterocycles. The maximum Gasteiger partial charge on any atom is 0.190 e. The Morgan fingerprint density at radius 2 is 2.10 bits per heavy atom. The van der Waals surface area contributed by atoms with Gasteiger partial charge in [-0.15, -0.1) is 0 Å². The molecule has 2 heterocycles. The van der Waals surface area contributed by atoms with Crippen molar-refractivity contribution >= 4 is 21.6 Å². The molecule has 0 fully saturated rings. The van der Waals surface area contributed by atoms with Crippen LogP contribution in [0.25, 0.3) is 10.2 Å². The molecule has 0 aromatic carbocycles. The molecule has 0 spiro atoms. The van der Waals surface area contributed by atoms with Crippen LogP contribution >= 0.6 is 11.3 Å². The Morgan fingerprint density at radius 1 is 1.30 bits per heavy atom. The topological polar surface area (TPSA) is 56.2 Å². The third-order valence-electron chi connectivity index (χ3n) is 1.28. The van der Waals surface area contributed by atoms with Gasteiger partial charge in [-0.25, -0.2) is 0 Å². The van der Waals surface area contributed by atoms with Gasteiger partial charge in [0.25, 0.3) is 0 Å². The fourth-order valence-corrected chi connectivity index (χ4v) is 1.69. The minimum Gasteiger partial charge on any atom is -0.499 e. The summed E-state index contributed by atoms with van der Waals surface area (Å²) in [6.07, 6.45) is 0. The van der Waals surface area contributed by atoms with Crippen molar-refractivity contribution in [3.05, 3.63) is 12.1 Å². The molecule has 0 unspecified atom stereocenters. The second-order valence-corrected chi connectivity index (χ2v) is 3.08. The van der Waals surface area contributed by atoms with E-state index in [1.807, 2.05) is 0 Å². The number of aromatic hydroxyl groups is 2. The molecule has 52 valence electrons. The maximum absolute atomic E-state index is 8.95. The van der Waals surface area contributed by atoms with Gasteiger partial charge >= 0.3 is 0 Å². The van der Waals surface area contributed by atoms with Gasteiger partial charge in [0.15, 0.2) is 10.9 Å². The summed E-state index contributed by atoms with van der Waals surface area (Å²) in [5, 5.41) is 18.1. The van der Waals surface area contributed by atoms with Crippen LogP contribution in [-0.2, 0) is 0 Å². The van der Waals surface area contributed by atoms with Gasteiger partial charge in [0.1, 0.15) is 0 Å². The van der Waals surface area contributed by atoms with Crippen molar-refractivity contribution in [2.75, 3.05) is 0 Å². The lowest BCUT2D eigenvalue weighted by Gasteiger charge is -1.77. The van der Waals surface area contributed by atoms with Crippen LogP contribution in [0.5, 0.6) is 10.9 Å². The largest absolute Gasteiger partial charge is 0.499 e. The monoisotopic (exact) mass is 155 g/mol. The van der Waals surface area contributed by atoms with Crippen molar-refractivity contribution in [1.29, 1.82) is 0 Å². The average molecular weight is 155 g/mol. The van der Waals surface area contributed by atoms with Crippen molar-refractivity contribution in [3.63, 3.8) is 0 Å². The smallest absolute Gasteiger partial charge is 0.190 e. The van der Waals surface area contributed by atoms with Crippen molar-refractivity contribution in [1.82, 2.24) is 4.98 Å². The van der Waals surface area contributed by atoms with E-state index >= 15 is 0 Å². The quantitative estimate of drug-likeness (QED) is 0.541. The second-order valence-electron chi connectivity index (χ2n) is 2.02. The number of aromatic nitrogens is 1. The van der Waals surface area contributed by atoms with Gasteiger partial charge in [-0.2, -0.15) is 0 Å². The molecule has 0 radical (unpaired) electrons. The van der Waals surface area contributed by atoms with Crippen LogP contribution in [0, 0.1) is 0 Å². The first-order valence-electron chi connectivity index (χ1n) is 2.76. The van der Waals surface area contributed by atoms with Crippen LogP contribution in [0.1, 0.15) is 0 Å². The standard InChI is InChI=1S/C6H5NO2S/c8-5-2-4-3(7-5)1-6(9)10-4/h1-2,7-9H. The highest BCUT2D eigenvalue weighted by atomic mass is 32.1. The van der Waals surface area contributed by atoms with Crippen LogP contribution in [0.4, 0.5) is 0 Å². The van der Waals surface area contributed by atoms with Gasteiger partial charge in [0.05, 0.1) is 10.2 Å². The zero-order chi connectivity index (χ0) is 7.14. The molecular formula is C6H5NO2S. The van der Waals surface area contributed by atoms with Gasteiger partial charge in [0, 0.05) is 12.1 Å². The first-order valence-corrected chi connectivity index (χ1v) is 3.58. The highest BCUT2D eigenvalue weighted by Crippen LogP contribution is 2.32. The minimum absolute atomic E-state index is 0.140. The number of hydrogen-bond donors (Lipinski definition) is 3. The predicted octanol–water partition coefficient (Wildman–Crippen LogP) is 1.64. The summed E-state index contributed by atoms with van der Waals surface area (Å²) in [5.41, 5.74) is 0.778. The molecule has 0 saturated carbocycles. The number of thiophene rings is 1. The highest BCUT2D eigenvalue weighted by Gasteiger charge is 2.02. The van der Waals surface area contributed by atoms with Crippen LogP contribution in [0.2, 0.25) is 0 Å². The molecule has 2 aromatic rings. The summed E-state index contributed by atoms with van der Waals surface area (Å²) >= 11 is 1.24. The second kappa shape index (κ2) is 1.67. The lowest BCUT2D eigenvalue weighted by Crippen LogP contribution is -1.57. The molecule has 4 heteroatoms. The Hall–Kier alpha value is -1.16. The van der Waals surface area contributed by atoms with E-state index in [2.05, 4.69) is 4.98 Å². The summed E-state index contributed by atoms with van der Waals surface area (Å²) in [4.78, 5) is 2.69. The molecule has 3 N–H and O–H groups in total. The van der Waals surface area contributed by atoms with Crippen LogP contribution in [0.3, 0.4) is 0 Å². The molecule has 0 bridgehead atoms. The lowest BCUT2D eigenvalue weighted by atomic mass is 10.5. The Morgan fingerprint density at radius 3 is 2.80 bits per heavy atom. The van der Waals surface area contributed by atoms with Gasteiger partial charge < -0.3 is 15.2 Å². The Balaban J connectivity index is 2.83. The van der Waals surface area contributed by atoms with Crippen molar-refractivity contribution < 1.29 is 10.2 Å². The number of nitrogens with one attached hydrogen (secondary N) is 1. The lowest BCUT2D eigenvalue weighted by molar-refractivity contribution is 0.458. The molecule has 2 rings (SSSR count). The van der Waals surface area contributed by atoms with Crippen molar-refractivity contribution in [2.24, 2.45) is 0 Å². The first kappa shape index (κ1) is 5.61. The Bertz CT molecular complexity index is 300. The molecule has 3 nitrogen and oxygen atoms in total. The molecule has 10 heavy (non-hydrogen) atoms. The van der Waals surface area contributed by atoms with Gasteiger partial charge in [-0.05, 0) is 0 Å². The zero-order valence-electron chi connectivity index (χ0n) is 4.96. The predicted molar refractivity (Wildman–Crippen MR) is 39.5 cm³/mol. The van der Waals surface area contributed by atoms with E-state index in [-0.39, 0.29) is 10.9 Å². The summed E-state index contributed by atoms with van der Waals surface area (Å²) in [6, 6.07) is 3.17. The van der Waals surface area contributed by atoms with Crippen LogP contribution < -0.4 is 0 Å². The summed E-state index contributed by atoms with van der Waals surface area (Å²) in [5.74, 6) is 0.140. The Kier molecular flexibility index (Phi) is 0.935. The Labute approximate surface area is 60.6 Å². The van der Waals surface area contributed by atoms with Crippen LogP contribution in [-0.4, -0.2) is 15.2 Å². The van der Waals surface area contributed by atoms with Gasteiger partial charge in [-0.1, -0.05) is 11.3 Å². The molecule has 0 aliphatic rings. The zero-order valence-corrected chi connectivity index (χ0v) is 5.77. The highest BCUT2D eigenvalue weighted by molar-refractivity contribution is 7.20. The molecular weight excluding hydrogens is 150 g/mol. The number of aromatic amines is 1. The van der Waals surface area contributed by atoms with Crippen molar-refractivity contribution in [2.45, 2.75) is 0 Å². The summed E-state index contributed by atoms with van der Waals surface area (Å²) < 4.78 is 0.870. The number of rotatable bonds is 0. The van der Waals surface area contributed by atoms with Crippen molar-refractivity contribution in [3.8, 4) is 10.9 Å². The van der Waals surface area contributed by atoms with E-state index in [1.165, 1.54) is 11.3 Å². The van der Waals surface area contributed by atoms with E-state index in [0.29, 0.717) is 0 Å². The third-order valence-corrected chi connectivity index (χ3v) is 2.16. The summed E-state index contributed by atoms with van der Waals surface area (Å²) in [7, 11) is 0. The van der Waals surface area contributed by atoms with E-state index in [9.17, 15) is 0 Å². The third kappa shape index (κ3) is 0.657. The molecule has 0 aliphatic heterocycles. The maximum atomic E-state index is 8.95. The normalized spacial score (nSPS) is 10.8. The van der Waals surface area contributed by atoms with Gasteiger partial charge in [-0.3, -0.25) is 0 Å². The fourth-order valence-electron chi connectivity index (χ4n) is 0.895. The first-order chi connectivity index (χ1) is 4.75. The van der Waals surface area contributed by atoms with E-state index < -0.39 is 0 Å². The van der Waals surface area contributed by atoms with Crippen LogP contribution in [0.15, 0.2) is 12.1 Å².